The molecule has 3 heterocycles. The van der Waals surface area contributed by atoms with Crippen LogP contribution in [-0.2, 0) is 16.0 Å². The van der Waals surface area contributed by atoms with Gasteiger partial charge in [0.05, 0.1) is 12.7 Å². The van der Waals surface area contributed by atoms with E-state index in [1.54, 1.807) is 0 Å². The van der Waals surface area contributed by atoms with Gasteiger partial charge in [0.2, 0.25) is 0 Å². The number of hydrogen-bond donors (Lipinski definition) is 1. The van der Waals surface area contributed by atoms with E-state index in [4.69, 9.17) is 14.5 Å². The Bertz CT molecular complexity index is 534. The maximum absolute atomic E-state index is 5.96. The van der Waals surface area contributed by atoms with E-state index >= 15 is 0 Å². The lowest BCUT2D eigenvalue weighted by molar-refractivity contribution is -0.0817. The largest absolute Gasteiger partial charge is 0.375 e. The van der Waals surface area contributed by atoms with E-state index in [-0.39, 0.29) is 36.2 Å². The molecule has 0 aliphatic carbocycles. The molecular weight excluding hydrogens is 445 g/mol. The Balaban J connectivity index is 0.00000243. The summed E-state index contributed by atoms with van der Waals surface area (Å²) in [7, 11) is 0. The van der Waals surface area contributed by atoms with Gasteiger partial charge in [-0.15, -0.1) is 24.0 Å². The number of morpholine rings is 1. The van der Waals surface area contributed by atoms with E-state index < -0.39 is 0 Å². The second-order valence-electron chi connectivity index (χ2n) is 6.93. The fraction of sp³-hybridized carbons (Fsp3) is 0.778. The third-order valence-corrected chi connectivity index (χ3v) is 4.72. The molecule has 0 bridgehead atoms. The number of hydrogen-bond acceptors (Lipinski definition) is 4. The van der Waals surface area contributed by atoms with Gasteiger partial charge in [0.25, 0.3) is 0 Å². The zero-order valence-corrected chi connectivity index (χ0v) is 18.2. The highest BCUT2D eigenvalue weighted by atomic mass is 127. The highest BCUT2D eigenvalue weighted by molar-refractivity contribution is 14.0. The van der Waals surface area contributed by atoms with Crippen LogP contribution >= 0.6 is 24.0 Å². The van der Waals surface area contributed by atoms with Crippen molar-refractivity contribution in [2.45, 2.75) is 45.4 Å². The average Bonchev–Trinajstić information content (AvgIpc) is 3.32. The molecule has 2 aliphatic heterocycles. The first-order valence-electron chi connectivity index (χ1n) is 9.50. The number of aromatic nitrogens is 2. The van der Waals surface area contributed by atoms with Gasteiger partial charge in [-0.25, -0.2) is 0 Å². The molecule has 2 fully saturated rings. The highest BCUT2D eigenvalue weighted by Crippen LogP contribution is 2.21. The van der Waals surface area contributed by atoms with Crippen molar-refractivity contribution >= 4 is 29.9 Å². The van der Waals surface area contributed by atoms with Crippen LogP contribution in [0, 0.1) is 5.92 Å². The van der Waals surface area contributed by atoms with Crippen molar-refractivity contribution in [3.8, 4) is 0 Å². The van der Waals surface area contributed by atoms with Gasteiger partial charge in [0.15, 0.2) is 5.96 Å². The summed E-state index contributed by atoms with van der Waals surface area (Å²) >= 11 is 0. The molecule has 2 saturated heterocycles. The smallest absolute Gasteiger partial charge is 0.194 e. The van der Waals surface area contributed by atoms with Crippen LogP contribution in [0.3, 0.4) is 0 Å². The Kier molecular flexibility index (Phi) is 9.13. The molecule has 0 spiro atoms. The topological polar surface area (TPSA) is 63.9 Å². The zero-order valence-electron chi connectivity index (χ0n) is 15.8. The molecule has 1 aromatic heterocycles. The molecular formula is C18H32IN5O2. The second kappa shape index (κ2) is 11.1. The Morgan fingerprint density at radius 1 is 1.35 bits per heavy atom. The quantitative estimate of drug-likeness (QED) is 0.386. The third-order valence-electron chi connectivity index (χ3n) is 4.72. The van der Waals surface area contributed by atoms with E-state index in [0.717, 1.165) is 64.7 Å². The molecule has 2 aliphatic rings. The minimum atomic E-state index is 0. The molecule has 0 amide bonds. The van der Waals surface area contributed by atoms with E-state index in [0.29, 0.717) is 5.92 Å². The van der Waals surface area contributed by atoms with Gasteiger partial charge in [-0.3, -0.25) is 9.67 Å². The predicted octanol–water partition coefficient (Wildman–Crippen LogP) is 1.98. The van der Waals surface area contributed by atoms with Crippen molar-refractivity contribution in [2.75, 3.05) is 39.4 Å². The maximum atomic E-state index is 5.96. The first-order valence-corrected chi connectivity index (χ1v) is 9.50. The highest BCUT2D eigenvalue weighted by Gasteiger charge is 2.32. The van der Waals surface area contributed by atoms with E-state index in [2.05, 4.69) is 29.2 Å². The molecule has 26 heavy (non-hydrogen) atoms. The Morgan fingerprint density at radius 2 is 2.19 bits per heavy atom. The lowest BCUT2D eigenvalue weighted by Crippen LogP contribution is -2.53. The molecule has 8 heteroatoms. The molecule has 1 aromatic rings. The summed E-state index contributed by atoms with van der Waals surface area (Å²) in [6.07, 6.45) is 6.46. The minimum Gasteiger partial charge on any atom is -0.375 e. The minimum absolute atomic E-state index is 0. The monoisotopic (exact) mass is 477 g/mol. The Labute approximate surface area is 173 Å². The van der Waals surface area contributed by atoms with Gasteiger partial charge < -0.3 is 19.7 Å². The van der Waals surface area contributed by atoms with Crippen LogP contribution in [0.2, 0.25) is 0 Å². The third kappa shape index (κ3) is 6.09. The van der Waals surface area contributed by atoms with E-state index in [1.807, 2.05) is 23.1 Å². The molecule has 0 aromatic carbocycles. The van der Waals surface area contributed by atoms with Crippen molar-refractivity contribution < 1.29 is 9.47 Å². The fourth-order valence-electron chi connectivity index (χ4n) is 3.44. The van der Waals surface area contributed by atoms with Gasteiger partial charge in [-0.05, 0) is 31.7 Å². The number of guanidine groups is 1. The average molecular weight is 477 g/mol. The molecule has 148 valence electrons. The molecule has 0 radical (unpaired) electrons. The van der Waals surface area contributed by atoms with Crippen LogP contribution in [0.15, 0.2) is 23.5 Å². The summed E-state index contributed by atoms with van der Waals surface area (Å²) in [4.78, 5) is 7.19. The lowest BCUT2D eigenvalue weighted by Gasteiger charge is -2.37. The SMILES string of the molecule is CCNC(=NCC(C)Cn1cccn1)N1CCOC(C2CCCO2)C1.I. The number of rotatable bonds is 6. The van der Waals surface area contributed by atoms with Gasteiger partial charge in [-0.1, -0.05) is 6.92 Å². The second-order valence-corrected chi connectivity index (χ2v) is 6.93. The summed E-state index contributed by atoms with van der Waals surface area (Å²) in [5.41, 5.74) is 0. The summed E-state index contributed by atoms with van der Waals surface area (Å²) in [6, 6.07) is 1.96. The van der Waals surface area contributed by atoms with Crippen molar-refractivity contribution in [3.63, 3.8) is 0 Å². The fourth-order valence-corrected chi connectivity index (χ4v) is 3.44. The molecule has 1 N–H and O–H groups in total. The number of halogens is 1. The van der Waals surface area contributed by atoms with Crippen molar-refractivity contribution in [1.29, 1.82) is 0 Å². The van der Waals surface area contributed by atoms with Crippen molar-refractivity contribution in [1.82, 2.24) is 20.0 Å². The normalized spacial score (nSPS) is 25.0. The number of ether oxygens (including phenoxy) is 2. The summed E-state index contributed by atoms with van der Waals surface area (Å²) in [5, 5.41) is 7.71. The number of nitrogens with one attached hydrogen (secondary N) is 1. The van der Waals surface area contributed by atoms with Crippen molar-refractivity contribution in [3.05, 3.63) is 18.5 Å². The Morgan fingerprint density at radius 3 is 2.88 bits per heavy atom. The number of aliphatic imine (C=N–C) groups is 1. The zero-order chi connectivity index (χ0) is 17.5. The van der Waals surface area contributed by atoms with Crippen LogP contribution in [-0.4, -0.2) is 72.2 Å². The molecule has 3 unspecified atom stereocenters. The first kappa shape index (κ1) is 21.4. The van der Waals surface area contributed by atoms with Gasteiger partial charge in [0, 0.05) is 51.7 Å². The van der Waals surface area contributed by atoms with Crippen LogP contribution in [0.1, 0.15) is 26.7 Å². The van der Waals surface area contributed by atoms with Gasteiger partial charge in [-0.2, -0.15) is 5.10 Å². The molecule has 3 atom stereocenters. The first-order chi connectivity index (χ1) is 12.3. The van der Waals surface area contributed by atoms with Gasteiger partial charge in [0.1, 0.15) is 6.10 Å². The molecule has 7 nitrogen and oxygen atoms in total. The standard InChI is InChI=1S/C18H31N5O2.HI/c1-3-19-18(20-12-15(2)13-23-8-5-7-21-23)22-9-11-25-17(14-22)16-6-4-10-24-16;/h5,7-8,15-17H,3-4,6,9-14H2,1-2H3,(H,19,20);1H. The summed E-state index contributed by atoms with van der Waals surface area (Å²) in [6.45, 7) is 10.2. The van der Waals surface area contributed by atoms with Gasteiger partial charge >= 0.3 is 0 Å². The van der Waals surface area contributed by atoms with Crippen LogP contribution in [0.5, 0.6) is 0 Å². The maximum Gasteiger partial charge on any atom is 0.194 e. The van der Waals surface area contributed by atoms with Crippen LogP contribution in [0.25, 0.3) is 0 Å². The predicted molar refractivity (Wildman–Crippen MR) is 113 cm³/mol. The molecule has 0 saturated carbocycles. The van der Waals surface area contributed by atoms with Crippen molar-refractivity contribution in [2.24, 2.45) is 10.9 Å². The Hall–Kier alpha value is -0.870. The summed E-state index contributed by atoms with van der Waals surface area (Å²) in [5.74, 6) is 1.42. The molecule has 3 rings (SSSR count). The van der Waals surface area contributed by atoms with Crippen LogP contribution < -0.4 is 5.32 Å². The van der Waals surface area contributed by atoms with Crippen LogP contribution in [0.4, 0.5) is 0 Å². The summed E-state index contributed by atoms with van der Waals surface area (Å²) < 4.78 is 13.7. The van der Waals surface area contributed by atoms with E-state index in [1.165, 1.54) is 0 Å². The lowest BCUT2D eigenvalue weighted by atomic mass is 10.1. The van der Waals surface area contributed by atoms with E-state index in [9.17, 15) is 0 Å². The number of nitrogens with zero attached hydrogens (tertiary/aromatic N) is 4.